The first-order valence-electron chi connectivity index (χ1n) is 5.49. The molecule has 1 aromatic heterocycles. The van der Waals surface area contributed by atoms with Crippen LogP contribution in [0.1, 0.15) is 0 Å². The Morgan fingerprint density at radius 3 is 2.29 bits per heavy atom. The van der Waals surface area contributed by atoms with Crippen molar-refractivity contribution in [2.24, 2.45) is 0 Å². The molecule has 0 aliphatic heterocycles. The fourth-order valence-corrected chi connectivity index (χ4v) is 2.39. The molecule has 1 heterocycles. The average molecular weight is 353 g/mol. The largest absolute Gasteiger partial charge is 0.255 e. The lowest BCUT2D eigenvalue weighted by atomic mass is 9.48. The Labute approximate surface area is 119 Å². The number of rotatable bonds is 2. The predicted octanol–water partition coefficient (Wildman–Crippen LogP) is 4.24. The monoisotopic (exact) mass is 351 g/mol. The fraction of sp³-hybridized carbons (Fsp3) is 0.154. The van der Waals surface area contributed by atoms with Crippen molar-refractivity contribution in [3.05, 3.63) is 45.5 Å². The maximum atomic E-state index is 4.46. The van der Waals surface area contributed by atoms with Gasteiger partial charge in [0.05, 0.1) is 5.69 Å². The van der Waals surface area contributed by atoms with Crippen LogP contribution in [-0.4, -0.2) is 11.7 Å². The molecule has 0 aliphatic rings. The van der Waals surface area contributed by atoms with E-state index in [9.17, 15) is 0 Å². The highest BCUT2D eigenvalue weighted by Crippen LogP contribution is 2.20. The number of hydrogen-bond acceptors (Lipinski definition) is 1. The first-order valence-corrected chi connectivity index (χ1v) is 7.08. The van der Waals surface area contributed by atoms with E-state index in [1.807, 2.05) is 18.3 Å². The Hall–Kier alpha value is -0.605. The van der Waals surface area contributed by atoms with Crippen LogP contribution in [0.2, 0.25) is 13.6 Å². The molecule has 0 bridgehead atoms. The SMILES string of the molecule is CB(C)c1cc(Br)ccc1-c1ccc(Br)cn1. The van der Waals surface area contributed by atoms with Crippen molar-refractivity contribution in [1.82, 2.24) is 4.98 Å². The van der Waals surface area contributed by atoms with Crippen molar-refractivity contribution in [1.29, 1.82) is 0 Å². The molecule has 0 unspecified atom stereocenters. The molecule has 0 aliphatic carbocycles. The standard InChI is InChI=1S/C13H12BBr2N/c1-14(2)12-7-9(15)3-5-11(12)13-6-4-10(16)8-17-13/h3-8H,1-2H3. The van der Waals surface area contributed by atoms with Gasteiger partial charge in [-0.1, -0.05) is 47.2 Å². The average Bonchev–Trinajstić information content (AvgIpc) is 2.30. The molecule has 0 radical (unpaired) electrons. The van der Waals surface area contributed by atoms with Gasteiger partial charge >= 0.3 is 0 Å². The molecule has 0 N–H and O–H groups in total. The summed E-state index contributed by atoms with van der Waals surface area (Å²) in [7, 11) is 0. The number of benzene rings is 1. The summed E-state index contributed by atoms with van der Waals surface area (Å²) in [6.07, 6.45) is 1.83. The van der Waals surface area contributed by atoms with Gasteiger partial charge in [0, 0.05) is 15.1 Å². The molecule has 4 heteroatoms. The predicted molar refractivity (Wildman–Crippen MR) is 82.2 cm³/mol. The third-order valence-electron chi connectivity index (χ3n) is 2.64. The molecule has 1 nitrogen and oxygen atoms in total. The molecule has 2 aromatic rings. The van der Waals surface area contributed by atoms with Crippen molar-refractivity contribution < 1.29 is 0 Å². The number of aromatic nitrogens is 1. The van der Waals surface area contributed by atoms with Crippen molar-refractivity contribution >= 4 is 44.0 Å². The first kappa shape index (κ1) is 12.8. The van der Waals surface area contributed by atoms with Crippen LogP contribution in [0.5, 0.6) is 0 Å². The lowest BCUT2D eigenvalue weighted by Crippen LogP contribution is -2.25. The number of hydrogen-bond donors (Lipinski definition) is 0. The summed E-state index contributed by atoms with van der Waals surface area (Å²) in [5.74, 6) is 0. The third-order valence-corrected chi connectivity index (χ3v) is 3.60. The Kier molecular flexibility index (Phi) is 4.05. The lowest BCUT2D eigenvalue weighted by molar-refractivity contribution is 1.31. The van der Waals surface area contributed by atoms with E-state index in [1.54, 1.807) is 0 Å². The Morgan fingerprint density at radius 1 is 1.00 bits per heavy atom. The van der Waals surface area contributed by atoms with Gasteiger partial charge in [0.25, 0.3) is 0 Å². The highest BCUT2D eigenvalue weighted by atomic mass is 79.9. The van der Waals surface area contributed by atoms with E-state index in [1.165, 1.54) is 11.0 Å². The Balaban J connectivity index is 2.54. The van der Waals surface area contributed by atoms with Gasteiger partial charge < -0.3 is 0 Å². The summed E-state index contributed by atoms with van der Waals surface area (Å²) < 4.78 is 2.12. The van der Waals surface area contributed by atoms with Gasteiger partial charge in [-0.2, -0.15) is 0 Å². The van der Waals surface area contributed by atoms with Crippen molar-refractivity contribution in [2.75, 3.05) is 0 Å². The molecule has 0 fully saturated rings. The molecular weight excluding hydrogens is 341 g/mol. The second-order valence-corrected chi connectivity index (χ2v) is 6.08. The van der Waals surface area contributed by atoms with Gasteiger partial charge in [-0.15, -0.1) is 0 Å². The molecule has 1 aromatic carbocycles. The van der Waals surface area contributed by atoms with Crippen LogP contribution in [0.15, 0.2) is 45.5 Å². The van der Waals surface area contributed by atoms with Crippen LogP contribution in [-0.2, 0) is 0 Å². The van der Waals surface area contributed by atoms with E-state index in [4.69, 9.17) is 0 Å². The zero-order chi connectivity index (χ0) is 12.4. The highest BCUT2D eigenvalue weighted by Gasteiger charge is 2.12. The van der Waals surface area contributed by atoms with Gasteiger partial charge in [-0.25, -0.2) is 0 Å². The zero-order valence-corrected chi connectivity index (χ0v) is 12.9. The van der Waals surface area contributed by atoms with Crippen LogP contribution >= 0.6 is 31.9 Å². The molecule has 17 heavy (non-hydrogen) atoms. The van der Waals surface area contributed by atoms with E-state index >= 15 is 0 Å². The van der Waals surface area contributed by atoms with Gasteiger partial charge in [0.15, 0.2) is 6.71 Å². The third kappa shape index (κ3) is 2.99. The molecule has 2 rings (SSSR count). The summed E-state index contributed by atoms with van der Waals surface area (Å²) >= 11 is 6.93. The van der Waals surface area contributed by atoms with Crippen molar-refractivity contribution in [3.63, 3.8) is 0 Å². The van der Waals surface area contributed by atoms with Crippen molar-refractivity contribution in [3.8, 4) is 11.3 Å². The lowest BCUT2D eigenvalue weighted by Gasteiger charge is -2.11. The zero-order valence-electron chi connectivity index (χ0n) is 9.74. The Bertz CT molecular complexity index is 523. The van der Waals surface area contributed by atoms with Crippen molar-refractivity contribution in [2.45, 2.75) is 13.6 Å². The van der Waals surface area contributed by atoms with Gasteiger partial charge in [0.2, 0.25) is 0 Å². The van der Waals surface area contributed by atoms with Crippen LogP contribution in [0, 0.1) is 0 Å². The minimum absolute atomic E-state index is 0.480. The quantitative estimate of drug-likeness (QED) is 0.737. The summed E-state index contributed by atoms with van der Waals surface area (Å²) in [5, 5.41) is 0. The minimum atomic E-state index is 0.480. The first-order chi connectivity index (χ1) is 8.08. The van der Waals surface area contributed by atoms with E-state index in [-0.39, 0.29) is 0 Å². The smallest absolute Gasteiger partial charge is 0.170 e. The topological polar surface area (TPSA) is 12.9 Å². The summed E-state index contributed by atoms with van der Waals surface area (Å²) in [5.41, 5.74) is 3.54. The molecule has 86 valence electrons. The molecule has 0 saturated heterocycles. The van der Waals surface area contributed by atoms with Crippen LogP contribution in [0.3, 0.4) is 0 Å². The minimum Gasteiger partial charge on any atom is -0.255 e. The normalized spacial score (nSPS) is 10.4. The number of halogens is 2. The van der Waals surface area contributed by atoms with Crippen LogP contribution < -0.4 is 5.46 Å². The van der Waals surface area contributed by atoms with E-state index in [2.05, 4.69) is 68.7 Å². The maximum absolute atomic E-state index is 4.46. The second-order valence-electron chi connectivity index (χ2n) is 4.25. The maximum Gasteiger partial charge on any atom is 0.170 e. The van der Waals surface area contributed by atoms with E-state index in [0.29, 0.717) is 6.71 Å². The van der Waals surface area contributed by atoms with Crippen LogP contribution in [0.4, 0.5) is 0 Å². The number of nitrogens with zero attached hydrogens (tertiary/aromatic N) is 1. The molecular formula is C13H12BBr2N. The summed E-state index contributed by atoms with van der Waals surface area (Å²) in [6, 6.07) is 10.4. The van der Waals surface area contributed by atoms with Gasteiger partial charge in [0.1, 0.15) is 0 Å². The second kappa shape index (κ2) is 5.36. The molecule has 0 amide bonds. The summed E-state index contributed by atoms with van der Waals surface area (Å²) in [4.78, 5) is 4.46. The van der Waals surface area contributed by atoms with E-state index in [0.717, 1.165) is 14.6 Å². The summed E-state index contributed by atoms with van der Waals surface area (Å²) in [6.45, 7) is 4.88. The van der Waals surface area contributed by atoms with Gasteiger partial charge in [-0.3, -0.25) is 4.98 Å². The van der Waals surface area contributed by atoms with E-state index < -0.39 is 0 Å². The fourth-order valence-electron chi connectivity index (χ4n) is 1.78. The Morgan fingerprint density at radius 2 is 1.71 bits per heavy atom. The van der Waals surface area contributed by atoms with Gasteiger partial charge in [-0.05, 0) is 39.7 Å². The molecule has 0 spiro atoms. The highest BCUT2D eigenvalue weighted by molar-refractivity contribution is 9.10. The molecule has 0 saturated carbocycles. The van der Waals surface area contributed by atoms with Crippen LogP contribution in [0.25, 0.3) is 11.3 Å². The molecule has 0 atom stereocenters. The number of pyridine rings is 1.